The van der Waals surface area contributed by atoms with Gasteiger partial charge in [-0.05, 0) is 19.8 Å². The maximum atomic E-state index is 12.6. The molecule has 20 heavy (non-hydrogen) atoms. The van der Waals surface area contributed by atoms with E-state index >= 15 is 0 Å². The number of likely N-dealkylation sites (tertiary alicyclic amines) is 1. The Kier molecular flexibility index (Phi) is 3.94. The summed E-state index contributed by atoms with van der Waals surface area (Å²) >= 11 is 0. The summed E-state index contributed by atoms with van der Waals surface area (Å²) in [4.78, 5) is 20.9. The number of alkyl halides is 3. The van der Waals surface area contributed by atoms with Crippen molar-refractivity contribution in [1.82, 2.24) is 14.9 Å². The van der Waals surface area contributed by atoms with Gasteiger partial charge in [-0.2, -0.15) is 13.2 Å². The van der Waals surface area contributed by atoms with E-state index in [9.17, 15) is 23.1 Å². The summed E-state index contributed by atoms with van der Waals surface area (Å²) in [7, 11) is 0. The van der Waals surface area contributed by atoms with Gasteiger partial charge in [-0.1, -0.05) is 0 Å². The molecule has 1 fully saturated rings. The first-order valence-corrected chi connectivity index (χ1v) is 6.15. The predicted molar refractivity (Wildman–Crippen MR) is 62.9 cm³/mol. The van der Waals surface area contributed by atoms with Crippen molar-refractivity contribution in [2.24, 2.45) is 0 Å². The van der Waals surface area contributed by atoms with Crippen molar-refractivity contribution in [3.63, 3.8) is 0 Å². The quantitative estimate of drug-likeness (QED) is 0.891. The van der Waals surface area contributed by atoms with Crippen LogP contribution in [0.1, 0.15) is 29.0 Å². The van der Waals surface area contributed by atoms with Crippen molar-refractivity contribution in [3.8, 4) is 0 Å². The fraction of sp³-hybridized carbons (Fsp3) is 0.583. The molecule has 2 heterocycles. The molecule has 0 bridgehead atoms. The third kappa shape index (κ3) is 2.90. The van der Waals surface area contributed by atoms with Crippen molar-refractivity contribution >= 4 is 5.91 Å². The number of rotatable bonds is 2. The Morgan fingerprint density at radius 1 is 1.45 bits per heavy atom. The van der Waals surface area contributed by atoms with Gasteiger partial charge < -0.3 is 10.0 Å². The second kappa shape index (κ2) is 5.35. The van der Waals surface area contributed by atoms with E-state index in [1.807, 2.05) is 0 Å². The van der Waals surface area contributed by atoms with Crippen molar-refractivity contribution in [2.45, 2.75) is 38.1 Å². The number of hydrogen-bond donors (Lipinski definition) is 1. The molecule has 0 spiro atoms. The molecule has 0 saturated carbocycles. The van der Waals surface area contributed by atoms with E-state index in [4.69, 9.17) is 0 Å². The summed E-state index contributed by atoms with van der Waals surface area (Å²) in [6.45, 7) is 1.86. The Balaban J connectivity index is 2.18. The minimum absolute atomic E-state index is 0.0168. The van der Waals surface area contributed by atoms with E-state index in [0.29, 0.717) is 12.1 Å². The van der Waals surface area contributed by atoms with Gasteiger partial charge in [0, 0.05) is 12.7 Å². The Morgan fingerprint density at radius 2 is 2.15 bits per heavy atom. The summed E-state index contributed by atoms with van der Waals surface area (Å²) in [6.07, 6.45) is -4.14. The van der Waals surface area contributed by atoms with E-state index in [2.05, 4.69) is 9.97 Å². The smallest absolute Gasteiger partial charge is 0.382 e. The van der Waals surface area contributed by atoms with Crippen LogP contribution in [-0.2, 0) is 0 Å². The molecule has 1 aromatic rings. The molecule has 0 unspecified atom stereocenters. The molecular weight excluding hydrogens is 275 g/mol. The number of aromatic nitrogens is 2. The van der Waals surface area contributed by atoms with Crippen LogP contribution in [-0.4, -0.2) is 50.7 Å². The molecule has 0 aromatic carbocycles. The number of carbonyl (C=O) groups is 1. The fourth-order valence-electron chi connectivity index (χ4n) is 2.24. The number of hydrogen-bond acceptors (Lipinski definition) is 4. The van der Waals surface area contributed by atoms with Gasteiger partial charge in [-0.25, -0.2) is 4.98 Å². The van der Waals surface area contributed by atoms with Crippen molar-refractivity contribution in [3.05, 3.63) is 23.8 Å². The molecule has 1 aliphatic rings. The minimum Gasteiger partial charge on any atom is -0.382 e. The first kappa shape index (κ1) is 14.7. The molecule has 1 amide bonds. The molecule has 0 radical (unpaired) electrons. The summed E-state index contributed by atoms with van der Waals surface area (Å²) < 4.78 is 37.7. The van der Waals surface area contributed by atoms with E-state index in [0.717, 1.165) is 4.90 Å². The molecule has 1 saturated heterocycles. The molecule has 1 aromatic heterocycles. The minimum atomic E-state index is -4.74. The molecule has 2 rings (SSSR count). The second-order valence-corrected chi connectivity index (χ2v) is 4.74. The normalized spacial score (nSPS) is 21.1. The summed E-state index contributed by atoms with van der Waals surface area (Å²) in [5.41, 5.74) is 0.590. The molecular formula is C12H14F3N3O2. The Labute approximate surface area is 113 Å². The third-order valence-electron chi connectivity index (χ3n) is 3.26. The lowest BCUT2D eigenvalue weighted by molar-refractivity contribution is -0.216. The largest absolute Gasteiger partial charge is 0.416 e. The van der Waals surface area contributed by atoms with E-state index in [1.54, 1.807) is 6.92 Å². The maximum Gasteiger partial charge on any atom is 0.416 e. The van der Waals surface area contributed by atoms with Crippen LogP contribution in [0.15, 0.2) is 12.4 Å². The molecule has 1 N–H and O–H groups in total. The standard InChI is InChI=1S/C12H14F3N3O2/c1-7-5-17-8(6-16-7)11(20)18-4-2-3-9(18)10(19)12(13,14)15/h5-6,9-10,19H,2-4H2,1H3/t9-,10-/m1/s1. The highest BCUT2D eigenvalue weighted by Crippen LogP contribution is 2.31. The topological polar surface area (TPSA) is 66.3 Å². The molecule has 1 aliphatic heterocycles. The van der Waals surface area contributed by atoms with Crippen LogP contribution in [0.3, 0.4) is 0 Å². The average Bonchev–Trinajstić information content (AvgIpc) is 2.85. The number of aliphatic hydroxyl groups excluding tert-OH is 1. The third-order valence-corrected chi connectivity index (χ3v) is 3.26. The highest BCUT2D eigenvalue weighted by molar-refractivity contribution is 5.92. The number of halogens is 3. The zero-order chi connectivity index (χ0) is 14.9. The summed E-state index contributed by atoms with van der Waals surface area (Å²) in [5, 5.41) is 9.34. The second-order valence-electron chi connectivity index (χ2n) is 4.74. The molecule has 5 nitrogen and oxygen atoms in total. The molecule has 0 aliphatic carbocycles. The first-order chi connectivity index (χ1) is 9.30. The van der Waals surface area contributed by atoms with Crippen LogP contribution in [0.25, 0.3) is 0 Å². The summed E-state index contributed by atoms with van der Waals surface area (Å²) in [5.74, 6) is -0.636. The van der Waals surface area contributed by atoms with Gasteiger partial charge in [-0.15, -0.1) is 0 Å². The Bertz CT molecular complexity index is 490. The van der Waals surface area contributed by atoms with E-state index in [-0.39, 0.29) is 18.7 Å². The van der Waals surface area contributed by atoms with Crippen molar-refractivity contribution in [2.75, 3.05) is 6.54 Å². The Morgan fingerprint density at radius 3 is 2.70 bits per heavy atom. The van der Waals surface area contributed by atoms with Crippen LogP contribution >= 0.6 is 0 Å². The van der Waals surface area contributed by atoms with Crippen LogP contribution in [0.2, 0.25) is 0 Å². The van der Waals surface area contributed by atoms with Gasteiger partial charge in [0.2, 0.25) is 0 Å². The lowest BCUT2D eigenvalue weighted by Crippen LogP contribution is -2.49. The molecule has 8 heteroatoms. The lowest BCUT2D eigenvalue weighted by atomic mass is 10.1. The summed E-state index contributed by atoms with van der Waals surface area (Å²) in [6, 6.07) is -1.26. The average molecular weight is 289 g/mol. The van der Waals surface area contributed by atoms with Crippen LogP contribution in [0.4, 0.5) is 13.2 Å². The van der Waals surface area contributed by atoms with Gasteiger partial charge in [0.15, 0.2) is 6.10 Å². The molecule has 2 atom stereocenters. The highest BCUT2D eigenvalue weighted by Gasteiger charge is 2.48. The van der Waals surface area contributed by atoms with Crippen molar-refractivity contribution in [1.29, 1.82) is 0 Å². The monoisotopic (exact) mass is 289 g/mol. The fourth-order valence-corrected chi connectivity index (χ4v) is 2.24. The van der Waals surface area contributed by atoms with E-state index in [1.165, 1.54) is 12.4 Å². The van der Waals surface area contributed by atoms with Gasteiger partial charge in [0.05, 0.1) is 17.9 Å². The number of aliphatic hydroxyl groups is 1. The van der Waals surface area contributed by atoms with Gasteiger partial charge in [-0.3, -0.25) is 9.78 Å². The first-order valence-electron chi connectivity index (χ1n) is 6.15. The molecule has 110 valence electrons. The van der Waals surface area contributed by atoms with Gasteiger partial charge >= 0.3 is 6.18 Å². The number of carbonyl (C=O) groups excluding carboxylic acids is 1. The van der Waals surface area contributed by atoms with Crippen LogP contribution in [0.5, 0.6) is 0 Å². The van der Waals surface area contributed by atoms with Crippen molar-refractivity contribution < 1.29 is 23.1 Å². The number of amides is 1. The van der Waals surface area contributed by atoms with Crippen LogP contribution < -0.4 is 0 Å². The zero-order valence-corrected chi connectivity index (χ0v) is 10.8. The van der Waals surface area contributed by atoms with Crippen LogP contribution in [0, 0.1) is 6.92 Å². The van der Waals surface area contributed by atoms with Gasteiger partial charge in [0.1, 0.15) is 5.69 Å². The highest BCUT2D eigenvalue weighted by atomic mass is 19.4. The number of aryl methyl sites for hydroxylation is 1. The SMILES string of the molecule is Cc1cnc(C(=O)N2CCC[C@@H]2[C@@H](O)C(F)(F)F)cn1. The van der Waals surface area contributed by atoms with Gasteiger partial charge in [0.25, 0.3) is 5.91 Å². The predicted octanol–water partition coefficient (Wildman–Crippen LogP) is 1.31. The zero-order valence-electron chi connectivity index (χ0n) is 10.8. The maximum absolute atomic E-state index is 12.6. The van der Waals surface area contributed by atoms with E-state index < -0.39 is 24.2 Å². The Hall–Kier alpha value is -1.70. The number of nitrogens with zero attached hydrogens (tertiary/aromatic N) is 3. The lowest BCUT2D eigenvalue weighted by Gasteiger charge is -2.29.